The minimum atomic E-state index is 0.154. The maximum absolute atomic E-state index is 11.3. The maximum atomic E-state index is 11.3. The Labute approximate surface area is 164 Å². The Balaban J connectivity index is 3.10. The summed E-state index contributed by atoms with van der Waals surface area (Å²) in [4.78, 5) is 11.3. The average molecular weight is 365 g/mol. The van der Waals surface area contributed by atoms with E-state index in [-0.39, 0.29) is 5.91 Å². The van der Waals surface area contributed by atoms with Crippen molar-refractivity contribution < 1.29 is 4.79 Å². The summed E-state index contributed by atoms with van der Waals surface area (Å²) in [5.41, 5.74) is 0. The Hall–Kier alpha value is -0.790. The van der Waals surface area contributed by atoms with E-state index in [9.17, 15) is 4.79 Å². The van der Waals surface area contributed by atoms with Gasteiger partial charge in [0.2, 0.25) is 5.91 Å². The van der Waals surface area contributed by atoms with Crippen LogP contribution in [0.2, 0.25) is 0 Å². The van der Waals surface area contributed by atoms with Gasteiger partial charge in [0.15, 0.2) is 0 Å². The molecule has 2 nitrogen and oxygen atoms in total. The second-order valence-corrected chi connectivity index (χ2v) is 7.60. The van der Waals surface area contributed by atoms with Gasteiger partial charge in [-0.25, -0.2) is 0 Å². The molecule has 0 aromatic carbocycles. The Kier molecular flexibility index (Phi) is 21.6. The quantitative estimate of drug-likeness (QED) is 0.175. The number of amides is 1. The lowest BCUT2D eigenvalue weighted by Crippen LogP contribution is -2.22. The summed E-state index contributed by atoms with van der Waals surface area (Å²) in [7, 11) is 0. The van der Waals surface area contributed by atoms with Crippen LogP contribution < -0.4 is 5.32 Å². The van der Waals surface area contributed by atoms with Gasteiger partial charge >= 0.3 is 0 Å². The van der Waals surface area contributed by atoms with Crippen LogP contribution in [0.5, 0.6) is 0 Å². The summed E-state index contributed by atoms with van der Waals surface area (Å²) >= 11 is 0. The Morgan fingerprint density at radius 2 is 1.12 bits per heavy atom. The SMILES string of the molecule is [CH2]CNC(=O)CCCCCCCCCCC/C=C\CCCCCCCC. The molecule has 0 aromatic heterocycles. The zero-order valence-corrected chi connectivity index (χ0v) is 17.7. The van der Waals surface area contributed by atoms with Crippen LogP contribution in [0.1, 0.15) is 122 Å². The van der Waals surface area contributed by atoms with Crippen LogP contribution >= 0.6 is 0 Å². The fourth-order valence-corrected chi connectivity index (χ4v) is 3.29. The normalized spacial score (nSPS) is 11.3. The highest BCUT2D eigenvalue weighted by Gasteiger charge is 1.98. The highest BCUT2D eigenvalue weighted by Crippen LogP contribution is 2.12. The first-order valence-corrected chi connectivity index (χ1v) is 11.5. The van der Waals surface area contributed by atoms with Gasteiger partial charge in [-0.15, -0.1) is 0 Å². The van der Waals surface area contributed by atoms with Crippen molar-refractivity contribution >= 4 is 5.91 Å². The molecule has 1 radical (unpaired) electrons. The molecule has 1 N–H and O–H groups in total. The van der Waals surface area contributed by atoms with Gasteiger partial charge in [0, 0.05) is 13.0 Å². The van der Waals surface area contributed by atoms with Gasteiger partial charge in [-0.1, -0.05) is 96.1 Å². The maximum Gasteiger partial charge on any atom is 0.219 e. The van der Waals surface area contributed by atoms with Crippen LogP contribution in [-0.2, 0) is 4.79 Å². The lowest BCUT2D eigenvalue weighted by molar-refractivity contribution is -0.121. The molecule has 153 valence electrons. The van der Waals surface area contributed by atoms with Gasteiger partial charge in [-0.2, -0.15) is 0 Å². The van der Waals surface area contributed by atoms with Crippen molar-refractivity contribution in [2.24, 2.45) is 0 Å². The summed E-state index contributed by atoms with van der Waals surface area (Å²) in [6.07, 6.45) is 28.1. The molecule has 0 bridgehead atoms. The Morgan fingerprint density at radius 3 is 1.58 bits per heavy atom. The van der Waals surface area contributed by atoms with Crippen molar-refractivity contribution in [2.75, 3.05) is 6.54 Å². The van der Waals surface area contributed by atoms with E-state index in [1.807, 2.05) is 0 Å². The lowest BCUT2D eigenvalue weighted by Gasteiger charge is -2.03. The number of rotatable bonds is 20. The van der Waals surface area contributed by atoms with Gasteiger partial charge in [0.25, 0.3) is 0 Å². The molecule has 0 heterocycles. The molecule has 0 rings (SSSR count). The van der Waals surface area contributed by atoms with E-state index in [4.69, 9.17) is 0 Å². The molecule has 0 fully saturated rings. The highest BCUT2D eigenvalue weighted by atomic mass is 16.1. The molecular formula is C24H46NO. The van der Waals surface area contributed by atoms with Crippen molar-refractivity contribution in [3.63, 3.8) is 0 Å². The van der Waals surface area contributed by atoms with E-state index in [0.717, 1.165) is 6.42 Å². The molecule has 0 unspecified atom stereocenters. The largest absolute Gasteiger partial charge is 0.356 e. The molecule has 0 aliphatic rings. The highest BCUT2D eigenvalue weighted by molar-refractivity contribution is 5.75. The molecule has 26 heavy (non-hydrogen) atoms. The van der Waals surface area contributed by atoms with E-state index in [2.05, 4.69) is 31.3 Å². The van der Waals surface area contributed by atoms with Crippen LogP contribution in [-0.4, -0.2) is 12.5 Å². The summed E-state index contributed by atoms with van der Waals surface area (Å²) in [5, 5.41) is 2.75. The van der Waals surface area contributed by atoms with Gasteiger partial charge < -0.3 is 5.32 Å². The fraction of sp³-hybridized carbons (Fsp3) is 0.833. The van der Waals surface area contributed by atoms with Crippen LogP contribution in [0, 0.1) is 6.92 Å². The van der Waals surface area contributed by atoms with Crippen LogP contribution in [0.25, 0.3) is 0 Å². The summed E-state index contributed by atoms with van der Waals surface area (Å²) in [5.74, 6) is 0.154. The van der Waals surface area contributed by atoms with E-state index in [1.165, 1.54) is 103 Å². The van der Waals surface area contributed by atoms with Crippen LogP contribution in [0.4, 0.5) is 0 Å². The summed E-state index contributed by atoms with van der Waals surface area (Å²) in [6, 6.07) is 0. The molecule has 0 saturated carbocycles. The zero-order valence-electron chi connectivity index (χ0n) is 17.7. The molecule has 2 heteroatoms. The smallest absolute Gasteiger partial charge is 0.219 e. The number of nitrogens with one attached hydrogen (secondary N) is 1. The minimum Gasteiger partial charge on any atom is -0.356 e. The third-order valence-electron chi connectivity index (χ3n) is 4.99. The average Bonchev–Trinajstić information content (AvgIpc) is 2.64. The first-order chi connectivity index (χ1) is 12.8. The molecule has 0 aliphatic carbocycles. The summed E-state index contributed by atoms with van der Waals surface area (Å²) in [6.45, 7) is 6.41. The third kappa shape index (κ3) is 21.3. The van der Waals surface area contributed by atoms with Crippen molar-refractivity contribution in [2.45, 2.75) is 122 Å². The molecule has 0 atom stereocenters. The predicted molar refractivity (Wildman–Crippen MR) is 116 cm³/mol. The van der Waals surface area contributed by atoms with Crippen molar-refractivity contribution in [3.05, 3.63) is 19.1 Å². The van der Waals surface area contributed by atoms with Crippen molar-refractivity contribution in [3.8, 4) is 0 Å². The van der Waals surface area contributed by atoms with Gasteiger partial charge in [-0.05, 0) is 39.0 Å². The molecule has 1 amide bonds. The zero-order chi connectivity index (χ0) is 19.1. The number of unbranched alkanes of at least 4 members (excludes halogenated alkanes) is 15. The van der Waals surface area contributed by atoms with Crippen LogP contribution in [0.3, 0.4) is 0 Å². The number of carbonyl (C=O) groups excluding carboxylic acids is 1. The molecule has 0 saturated heterocycles. The minimum absolute atomic E-state index is 0.154. The van der Waals surface area contributed by atoms with Crippen molar-refractivity contribution in [1.82, 2.24) is 5.32 Å². The standard InChI is InChI=1S/C24H46NO/c1-3-5-6-7-8-9-10-11-12-13-14-15-16-17-18-19-20-21-22-23-24(26)25-4-2/h11-12H,2-10,13-23H2,1H3,(H,25,26)/b12-11-. The van der Waals surface area contributed by atoms with E-state index < -0.39 is 0 Å². The molecule has 0 spiro atoms. The predicted octanol–water partition coefficient (Wildman–Crippen LogP) is 7.53. The van der Waals surface area contributed by atoms with E-state index in [0.29, 0.717) is 13.0 Å². The monoisotopic (exact) mass is 364 g/mol. The van der Waals surface area contributed by atoms with Crippen LogP contribution in [0.15, 0.2) is 12.2 Å². The van der Waals surface area contributed by atoms with E-state index in [1.54, 1.807) is 0 Å². The van der Waals surface area contributed by atoms with Gasteiger partial charge in [0.05, 0.1) is 0 Å². The second kappa shape index (κ2) is 22.3. The van der Waals surface area contributed by atoms with E-state index >= 15 is 0 Å². The van der Waals surface area contributed by atoms with Gasteiger partial charge in [0.1, 0.15) is 0 Å². The first kappa shape index (κ1) is 25.2. The summed E-state index contributed by atoms with van der Waals surface area (Å²) < 4.78 is 0. The lowest BCUT2D eigenvalue weighted by atomic mass is 10.1. The first-order valence-electron chi connectivity index (χ1n) is 11.5. The Bertz CT molecular complexity index is 311. The Morgan fingerprint density at radius 1 is 0.692 bits per heavy atom. The number of hydrogen-bond donors (Lipinski definition) is 1. The second-order valence-electron chi connectivity index (χ2n) is 7.60. The molecule has 0 aliphatic heterocycles. The van der Waals surface area contributed by atoms with Crippen molar-refractivity contribution in [1.29, 1.82) is 0 Å². The fourth-order valence-electron chi connectivity index (χ4n) is 3.29. The number of hydrogen-bond acceptors (Lipinski definition) is 1. The third-order valence-corrected chi connectivity index (χ3v) is 4.99. The molecular weight excluding hydrogens is 318 g/mol. The topological polar surface area (TPSA) is 29.1 Å². The van der Waals surface area contributed by atoms with Gasteiger partial charge in [-0.3, -0.25) is 4.79 Å². The number of allylic oxidation sites excluding steroid dienone is 2. The molecule has 0 aromatic rings. The number of carbonyl (C=O) groups is 1.